The van der Waals surface area contributed by atoms with E-state index in [0.29, 0.717) is 0 Å². The quantitative estimate of drug-likeness (QED) is 0.717. The summed E-state index contributed by atoms with van der Waals surface area (Å²) in [5.41, 5.74) is 2.03. The van der Waals surface area contributed by atoms with Crippen molar-refractivity contribution in [2.45, 2.75) is 18.2 Å². The monoisotopic (exact) mass is 278 g/mol. The third-order valence-electron chi connectivity index (χ3n) is 3.06. The van der Waals surface area contributed by atoms with E-state index in [1.54, 1.807) is 6.07 Å². The van der Waals surface area contributed by atoms with Gasteiger partial charge >= 0.3 is 0 Å². The summed E-state index contributed by atoms with van der Waals surface area (Å²) >= 11 is 6.34. The van der Waals surface area contributed by atoms with Gasteiger partial charge in [-0.1, -0.05) is 36.4 Å². The summed E-state index contributed by atoms with van der Waals surface area (Å²) in [4.78, 5) is 0. The molecule has 0 heterocycles. The van der Waals surface area contributed by atoms with E-state index >= 15 is 0 Å². The molecule has 2 rings (SSSR count). The van der Waals surface area contributed by atoms with Gasteiger partial charge in [0.05, 0.1) is 12.5 Å². The van der Waals surface area contributed by atoms with Crippen molar-refractivity contribution in [1.29, 1.82) is 0 Å². The van der Waals surface area contributed by atoms with E-state index in [9.17, 15) is 4.39 Å². The van der Waals surface area contributed by atoms with E-state index in [2.05, 4.69) is 0 Å². The molecule has 0 N–H and O–H groups in total. The molecule has 0 spiro atoms. The minimum Gasteiger partial charge on any atom is -0.494 e. The second-order valence-corrected chi connectivity index (χ2v) is 4.91. The number of halogens is 2. The van der Waals surface area contributed by atoms with Gasteiger partial charge in [-0.15, -0.1) is 11.6 Å². The van der Waals surface area contributed by atoms with E-state index in [1.165, 1.54) is 13.2 Å². The third kappa shape index (κ3) is 3.71. The summed E-state index contributed by atoms with van der Waals surface area (Å²) in [6, 6.07) is 14.9. The van der Waals surface area contributed by atoms with Crippen molar-refractivity contribution >= 4 is 11.6 Å². The normalized spacial score (nSPS) is 12.2. The number of alkyl halides is 1. The molecule has 0 saturated heterocycles. The van der Waals surface area contributed by atoms with Crippen LogP contribution in [0.1, 0.15) is 22.9 Å². The molecule has 0 fully saturated rings. The van der Waals surface area contributed by atoms with Crippen LogP contribution in [-0.2, 0) is 6.42 Å². The van der Waals surface area contributed by atoms with Gasteiger partial charge in [0.15, 0.2) is 11.6 Å². The van der Waals surface area contributed by atoms with E-state index < -0.39 is 0 Å². The summed E-state index contributed by atoms with van der Waals surface area (Å²) in [6.07, 6.45) is 1.52. The second-order valence-electron chi connectivity index (χ2n) is 4.39. The molecule has 1 nitrogen and oxygen atoms in total. The van der Waals surface area contributed by atoms with Crippen LogP contribution in [0.3, 0.4) is 0 Å². The van der Waals surface area contributed by atoms with Gasteiger partial charge in [-0.25, -0.2) is 4.39 Å². The topological polar surface area (TPSA) is 9.23 Å². The molecule has 0 amide bonds. The summed E-state index contributed by atoms with van der Waals surface area (Å²) in [5.74, 6) is -0.0555. The standard InChI is InChI=1S/C16H16ClFO/c1-19-16-10-8-12(11-15(16)18)7-9-14(17)13-5-3-2-4-6-13/h2-6,8,10-11,14H,7,9H2,1H3. The molecular formula is C16H16ClFO. The van der Waals surface area contributed by atoms with E-state index in [4.69, 9.17) is 16.3 Å². The molecule has 100 valence electrons. The zero-order valence-electron chi connectivity index (χ0n) is 10.8. The van der Waals surface area contributed by atoms with Gasteiger partial charge in [-0.05, 0) is 36.1 Å². The van der Waals surface area contributed by atoms with Crippen LogP contribution in [0.5, 0.6) is 5.75 Å². The summed E-state index contributed by atoms with van der Waals surface area (Å²) < 4.78 is 18.4. The number of hydrogen-bond acceptors (Lipinski definition) is 1. The van der Waals surface area contributed by atoms with Gasteiger partial charge in [0.2, 0.25) is 0 Å². The Kier molecular flexibility index (Phi) is 4.80. The fraction of sp³-hybridized carbons (Fsp3) is 0.250. The van der Waals surface area contributed by atoms with Crippen LogP contribution in [0.4, 0.5) is 4.39 Å². The first kappa shape index (κ1) is 13.9. The van der Waals surface area contributed by atoms with Crippen LogP contribution in [0, 0.1) is 5.82 Å². The highest BCUT2D eigenvalue weighted by Crippen LogP contribution is 2.26. The Hall–Kier alpha value is -1.54. The highest BCUT2D eigenvalue weighted by molar-refractivity contribution is 6.20. The number of hydrogen-bond donors (Lipinski definition) is 0. The van der Waals surface area contributed by atoms with Gasteiger partial charge in [0.25, 0.3) is 0 Å². The van der Waals surface area contributed by atoms with Gasteiger partial charge in [0, 0.05) is 0 Å². The van der Waals surface area contributed by atoms with Crippen LogP contribution >= 0.6 is 11.6 Å². The minimum absolute atomic E-state index is 0.0497. The Labute approximate surface area is 118 Å². The summed E-state index contributed by atoms with van der Waals surface area (Å²) in [5, 5.41) is -0.0497. The lowest BCUT2D eigenvalue weighted by Crippen LogP contribution is -1.95. The Bertz CT molecular complexity index is 528. The minimum atomic E-state index is -0.328. The molecule has 0 aliphatic heterocycles. The molecule has 2 aromatic carbocycles. The van der Waals surface area contributed by atoms with Crippen molar-refractivity contribution in [3.8, 4) is 5.75 Å². The highest BCUT2D eigenvalue weighted by Gasteiger charge is 2.09. The maximum atomic E-state index is 13.5. The molecule has 0 aliphatic rings. The molecule has 3 heteroatoms. The fourth-order valence-corrected chi connectivity index (χ4v) is 2.24. The van der Waals surface area contributed by atoms with E-state index in [0.717, 1.165) is 24.0 Å². The lowest BCUT2D eigenvalue weighted by molar-refractivity contribution is 0.386. The van der Waals surface area contributed by atoms with Gasteiger partial charge < -0.3 is 4.74 Å². The van der Waals surface area contributed by atoms with Gasteiger partial charge in [-0.2, -0.15) is 0 Å². The average Bonchev–Trinajstić information content (AvgIpc) is 2.46. The van der Waals surface area contributed by atoms with Crippen molar-refractivity contribution in [2.75, 3.05) is 7.11 Å². The molecule has 1 atom stereocenters. The first-order valence-electron chi connectivity index (χ1n) is 6.22. The maximum absolute atomic E-state index is 13.5. The molecule has 0 radical (unpaired) electrons. The smallest absolute Gasteiger partial charge is 0.165 e. The molecule has 0 aliphatic carbocycles. The van der Waals surface area contributed by atoms with Crippen molar-refractivity contribution in [3.05, 3.63) is 65.5 Å². The molecule has 2 aromatic rings. The van der Waals surface area contributed by atoms with Crippen LogP contribution in [0.2, 0.25) is 0 Å². The number of aryl methyl sites for hydroxylation is 1. The number of methoxy groups -OCH3 is 1. The van der Waals surface area contributed by atoms with Crippen molar-refractivity contribution in [1.82, 2.24) is 0 Å². The number of benzene rings is 2. The van der Waals surface area contributed by atoms with Crippen molar-refractivity contribution < 1.29 is 9.13 Å². The predicted molar refractivity (Wildman–Crippen MR) is 76.3 cm³/mol. The van der Waals surface area contributed by atoms with E-state index in [-0.39, 0.29) is 16.9 Å². The average molecular weight is 279 g/mol. The molecule has 19 heavy (non-hydrogen) atoms. The first-order valence-corrected chi connectivity index (χ1v) is 6.66. The predicted octanol–water partition coefficient (Wildman–Crippen LogP) is 4.75. The lowest BCUT2D eigenvalue weighted by atomic mass is 10.0. The second kappa shape index (κ2) is 6.58. The van der Waals surface area contributed by atoms with Crippen LogP contribution < -0.4 is 4.74 Å². The highest BCUT2D eigenvalue weighted by atomic mass is 35.5. The third-order valence-corrected chi connectivity index (χ3v) is 3.53. The van der Waals surface area contributed by atoms with Crippen LogP contribution in [-0.4, -0.2) is 7.11 Å². The molecule has 0 aromatic heterocycles. The van der Waals surface area contributed by atoms with Crippen LogP contribution in [0.15, 0.2) is 48.5 Å². The zero-order valence-corrected chi connectivity index (χ0v) is 11.5. The first-order chi connectivity index (χ1) is 9.20. The van der Waals surface area contributed by atoms with Crippen molar-refractivity contribution in [2.24, 2.45) is 0 Å². The zero-order chi connectivity index (χ0) is 13.7. The van der Waals surface area contributed by atoms with E-state index in [1.807, 2.05) is 36.4 Å². The van der Waals surface area contributed by atoms with Gasteiger partial charge in [-0.3, -0.25) is 0 Å². The van der Waals surface area contributed by atoms with Crippen LogP contribution in [0.25, 0.3) is 0 Å². The van der Waals surface area contributed by atoms with Gasteiger partial charge in [0.1, 0.15) is 0 Å². The Balaban J connectivity index is 1.97. The molecular weight excluding hydrogens is 263 g/mol. The SMILES string of the molecule is COc1ccc(CCC(Cl)c2ccccc2)cc1F. The summed E-state index contributed by atoms with van der Waals surface area (Å²) in [7, 11) is 1.46. The largest absolute Gasteiger partial charge is 0.494 e. The number of rotatable bonds is 5. The molecule has 0 bridgehead atoms. The van der Waals surface area contributed by atoms with Crippen molar-refractivity contribution in [3.63, 3.8) is 0 Å². The number of ether oxygens (including phenoxy) is 1. The Morgan fingerprint density at radius 2 is 1.89 bits per heavy atom. The maximum Gasteiger partial charge on any atom is 0.165 e. The Morgan fingerprint density at radius 1 is 1.16 bits per heavy atom. The molecule has 0 saturated carbocycles. The molecule has 1 unspecified atom stereocenters. The Morgan fingerprint density at radius 3 is 2.53 bits per heavy atom. The summed E-state index contributed by atoms with van der Waals surface area (Å²) in [6.45, 7) is 0. The fourth-order valence-electron chi connectivity index (χ4n) is 1.99. The lowest BCUT2D eigenvalue weighted by Gasteiger charge is -2.10.